The van der Waals surface area contributed by atoms with Crippen molar-refractivity contribution in [3.63, 3.8) is 0 Å². The summed E-state index contributed by atoms with van der Waals surface area (Å²) < 4.78 is 5.13. The van der Waals surface area contributed by atoms with E-state index < -0.39 is 0 Å². The van der Waals surface area contributed by atoms with Crippen molar-refractivity contribution >= 4 is 23.2 Å². The molecule has 0 saturated carbocycles. The summed E-state index contributed by atoms with van der Waals surface area (Å²) in [5.74, 6) is 1.68. The van der Waals surface area contributed by atoms with Crippen molar-refractivity contribution in [1.29, 1.82) is 0 Å². The second kappa shape index (κ2) is 7.06. The standard InChI is InChI=1S/C16H16N4O2S/c1-22-12-7-4-11(5-8-12)6-9-14-17-16(20-19-14)18-15(21)13-3-2-10-23-13/h2-5,7-8,10H,6,9H2,1H3,(H2,17,18,19,20,21). The molecule has 3 aromatic rings. The van der Waals surface area contributed by atoms with Gasteiger partial charge in [0.2, 0.25) is 5.95 Å². The van der Waals surface area contributed by atoms with E-state index in [2.05, 4.69) is 20.5 Å². The number of ether oxygens (including phenoxy) is 1. The lowest BCUT2D eigenvalue weighted by Gasteiger charge is -2.02. The molecule has 1 aromatic carbocycles. The number of nitrogens with zero attached hydrogens (tertiary/aromatic N) is 2. The number of H-pyrrole nitrogens is 1. The number of carbonyl (C=O) groups excluding carboxylic acids is 1. The van der Waals surface area contributed by atoms with E-state index >= 15 is 0 Å². The smallest absolute Gasteiger partial charge is 0.268 e. The fraction of sp³-hybridized carbons (Fsp3) is 0.188. The Bertz CT molecular complexity index is 766. The van der Waals surface area contributed by atoms with Gasteiger partial charge in [-0.3, -0.25) is 15.2 Å². The molecule has 0 aliphatic carbocycles. The Hall–Kier alpha value is -2.67. The van der Waals surface area contributed by atoms with Crippen LogP contribution in [-0.2, 0) is 12.8 Å². The molecule has 0 spiro atoms. The fourth-order valence-electron chi connectivity index (χ4n) is 2.09. The van der Waals surface area contributed by atoms with Crippen molar-refractivity contribution in [2.45, 2.75) is 12.8 Å². The number of amides is 1. The number of hydrogen-bond acceptors (Lipinski definition) is 5. The second-order valence-electron chi connectivity index (χ2n) is 4.89. The molecule has 0 unspecified atom stereocenters. The van der Waals surface area contributed by atoms with Crippen LogP contribution in [-0.4, -0.2) is 28.2 Å². The SMILES string of the molecule is COc1ccc(CCc2nc(NC(=O)c3cccs3)n[nH]2)cc1. The number of hydrogen-bond donors (Lipinski definition) is 2. The van der Waals surface area contributed by atoms with Gasteiger partial charge in [0.25, 0.3) is 5.91 Å². The van der Waals surface area contributed by atoms with E-state index in [1.54, 1.807) is 13.2 Å². The Morgan fingerprint density at radius 1 is 1.26 bits per heavy atom. The maximum atomic E-state index is 11.9. The van der Waals surface area contributed by atoms with Gasteiger partial charge in [0, 0.05) is 6.42 Å². The maximum Gasteiger partial charge on any atom is 0.268 e. The monoisotopic (exact) mass is 328 g/mol. The van der Waals surface area contributed by atoms with E-state index in [0.29, 0.717) is 17.2 Å². The van der Waals surface area contributed by atoms with Gasteiger partial charge in [-0.1, -0.05) is 18.2 Å². The lowest BCUT2D eigenvalue weighted by Crippen LogP contribution is -2.11. The van der Waals surface area contributed by atoms with E-state index in [0.717, 1.165) is 18.0 Å². The van der Waals surface area contributed by atoms with Gasteiger partial charge in [-0.2, -0.15) is 4.98 Å². The Morgan fingerprint density at radius 2 is 2.09 bits per heavy atom. The first-order valence-corrected chi connectivity index (χ1v) is 8.01. The number of rotatable bonds is 6. The lowest BCUT2D eigenvalue weighted by molar-refractivity contribution is 0.102. The molecule has 2 heterocycles. The summed E-state index contributed by atoms with van der Waals surface area (Å²) in [6, 6.07) is 11.5. The summed E-state index contributed by atoms with van der Waals surface area (Å²) in [5, 5.41) is 11.4. The largest absolute Gasteiger partial charge is 0.497 e. The average Bonchev–Trinajstić information content (AvgIpc) is 3.25. The molecule has 118 valence electrons. The molecule has 2 aromatic heterocycles. The number of benzene rings is 1. The van der Waals surface area contributed by atoms with E-state index in [9.17, 15) is 4.79 Å². The zero-order valence-corrected chi connectivity index (χ0v) is 13.4. The normalized spacial score (nSPS) is 10.5. The van der Waals surface area contributed by atoms with Gasteiger partial charge in [-0.15, -0.1) is 16.4 Å². The first kappa shape index (κ1) is 15.2. The van der Waals surface area contributed by atoms with E-state index in [4.69, 9.17) is 4.74 Å². The number of aromatic amines is 1. The molecule has 1 amide bonds. The number of aryl methyl sites for hydroxylation is 2. The van der Waals surface area contributed by atoms with Crippen LogP contribution in [0.4, 0.5) is 5.95 Å². The predicted octanol–water partition coefficient (Wildman–Crippen LogP) is 2.91. The molecule has 0 radical (unpaired) electrons. The van der Waals surface area contributed by atoms with Crippen LogP contribution in [0, 0.1) is 0 Å². The van der Waals surface area contributed by atoms with E-state index in [1.807, 2.05) is 35.7 Å². The summed E-state index contributed by atoms with van der Waals surface area (Å²) in [6.45, 7) is 0. The first-order valence-electron chi connectivity index (χ1n) is 7.13. The number of anilines is 1. The predicted molar refractivity (Wildman–Crippen MR) is 89.1 cm³/mol. The molecule has 2 N–H and O–H groups in total. The highest BCUT2D eigenvalue weighted by Crippen LogP contribution is 2.14. The van der Waals surface area contributed by atoms with Crippen LogP contribution in [0.1, 0.15) is 21.1 Å². The molecule has 0 fully saturated rings. The summed E-state index contributed by atoms with van der Waals surface area (Å²) in [7, 11) is 1.65. The van der Waals surface area contributed by atoms with Crippen LogP contribution in [0.5, 0.6) is 5.75 Å². The molecule has 0 bridgehead atoms. The minimum atomic E-state index is -0.194. The second-order valence-corrected chi connectivity index (χ2v) is 5.83. The molecule has 0 saturated heterocycles. The zero-order chi connectivity index (χ0) is 16.1. The number of nitrogens with one attached hydrogen (secondary N) is 2. The Labute approximate surface area is 137 Å². The van der Waals surface area contributed by atoms with Gasteiger partial charge in [0.1, 0.15) is 11.6 Å². The quantitative estimate of drug-likeness (QED) is 0.729. The van der Waals surface area contributed by atoms with Gasteiger partial charge in [0.05, 0.1) is 12.0 Å². The molecule has 7 heteroatoms. The summed E-state index contributed by atoms with van der Waals surface area (Å²) in [6.07, 6.45) is 1.55. The third-order valence-electron chi connectivity index (χ3n) is 3.31. The molecule has 23 heavy (non-hydrogen) atoms. The van der Waals surface area contributed by atoms with E-state index in [1.165, 1.54) is 16.9 Å². The Balaban J connectivity index is 1.55. The van der Waals surface area contributed by atoms with Crippen molar-refractivity contribution in [3.05, 3.63) is 58.0 Å². The molecular weight excluding hydrogens is 312 g/mol. The fourth-order valence-corrected chi connectivity index (χ4v) is 2.71. The maximum absolute atomic E-state index is 11.9. The topological polar surface area (TPSA) is 79.9 Å². The average molecular weight is 328 g/mol. The highest BCUT2D eigenvalue weighted by molar-refractivity contribution is 7.12. The lowest BCUT2D eigenvalue weighted by atomic mass is 10.1. The number of methoxy groups -OCH3 is 1. The van der Waals surface area contributed by atoms with Gasteiger partial charge >= 0.3 is 0 Å². The molecule has 6 nitrogen and oxygen atoms in total. The molecule has 0 atom stereocenters. The molecular formula is C16H16N4O2S. The minimum absolute atomic E-state index is 0.194. The van der Waals surface area contributed by atoms with Crippen LogP contribution in [0.3, 0.4) is 0 Å². The highest BCUT2D eigenvalue weighted by atomic mass is 32.1. The summed E-state index contributed by atoms with van der Waals surface area (Å²) in [5.41, 5.74) is 1.19. The van der Waals surface area contributed by atoms with Crippen molar-refractivity contribution in [2.75, 3.05) is 12.4 Å². The Kier molecular flexibility index (Phi) is 4.68. The number of carbonyl (C=O) groups is 1. The van der Waals surface area contributed by atoms with Gasteiger partial charge < -0.3 is 4.74 Å². The van der Waals surface area contributed by atoms with Crippen molar-refractivity contribution < 1.29 is 9.53 Å². The molecule has 3 rings (SSSR count). The van der Waals surface area contributed by atoms with E-state index in [-0.39, 0.29) is 5.91 Å². The highest BCUT2D eigenvalue weighted by Gasteiger charge is 2.10. The molecule has 0 aliphatic heterocycles. The van der Waals surface area contributed by atoms with Crippen molar-refractivity contribution in [1.82, 2.24) is 15.2 Å². The summed E-state index contributed by atoms with van der Waals surface area (Å²) >= 11 is 1.38. The molecule has 0 aliphatic rings. The third kappa shape index (κ3) is 3.95. The van der Waals surface area contributed by atoms with Crippen LogP contribution in [0.15, 0.2) is 41.8 Å². The van der Waals surface area contributed by atoms with Gasteiger partial charge in [0.15, 0.2) is 0 Å². The van der Waals surface area contributed by atoms with Gasteiger partial charge in [-0.05, 0) is 35.6 Å². The summed E-state index contributed by atoms with van der Waals surface area (Å²) in [4.78, 5) is 16.8. The van der Waals surface area contributed by atoms with Crippen molar-refractivity contribution in [3.8, 4) is 5.75 Å². The van der Waals surface area contributed by atoms with Crippen LogP contribution in [0.2, 0.25) is 0 Å². The first-order chi connectivity index (χ1) is 11.2. The van der Waals surface area contributed by atoms with Crippen LogP contribution >= 0.6 is 11.3 Å². The van der Waals surface area contributed by atoms with Crippen LogP contribution in [0.25, 0.3) is 0 Å². The zero-order valence-electron chi connectivity index (χ0n) is 12.6. The van der Waals surface area contributed by atoms with Crippen LogP contribution < -0.4 is 10.1 Å². The van der Waals surface area contributed by atoms with Crippen molar-refractivity contribution in [2.24, 2.45) is 0 Å². The third-order valence-corrected chi connectivity index (χ3v) is 4.18. The minimum Gasteiger partial charge on any atom is -0.497 e. The Morgan fingerprint density at radius 3 is 2.78 bits per heavy atom. The number of thiophene rings is 1. The van der Waals surface area contributed by atoms with Gasteiger partial charge in [-0.25, -0.2) is 0 Å². The number of aromatic nitrogens is 3.